The first kappa shape index (κ1) is 15.5. The van der Waals surface area contributed by atoms with Crippen molar-refractivity contribution in [3.8, 4) is 0 Å². The van der Waals surface area contributed by atoms with Gasteiger partial charge in [0, 0.05) is 32.7 Å². The maximum Gasteiger partial charge on any atom is 0.229 e. The van der Waals surface area contributed by atoms with Crippen molar-refractivity contribution in [1.82, 2.24) is 10.2 Å². The molecule has 1 saturated heterocycles. The van der Waals surface area contributed by atoms with E-state index in [1.165, 1.54) is 6.92 Å². The fourth-order valence-corrected chi connectivity index (χ4v) is 2.53. The van der Waals surface area contributed by atoms with Crippen LogP contribution in [0.2, 0.25) is 0 Å². The number of amides is 2. The Labute approximate surface area is 125 Å². The zero-order valence-electron chi connectivity index (χ0n) is 12.8. The van der Waals surface area contributed by atoms with E-state index in [1.807, 2.05) is 24.3 Å². The first-order valence-corrected chi connectivity index (χ1v) is 7.30. The second-order valence-corrected chi connectivity index (χ2v) is 5.76. The van der Waals surface area contributed by atoms with Crippen LogP contribution in [-0.2, 0) is 16.1 Å². The van der Waals surface area contributed by atoms with E-state index in [0.29, 0.717) is 12.5 Å². The Kier molecular flexibility index (Phi) is 4.96. The minimum atomic E-state index is 0.00333. The highest BCUT2D eigenvalue weighted by atomic mass is 16.2. The van der Waals surface area contributed by atoms with Crippen molar-refractivity contribution in [2.75, 3.05) is 25.5 Å². The quantitative estimate of drug-likeness (QED) is 0.882. The van der Waals surface area contributed by atoms with E-state index in [1.54, 1.807) is 11.9 Å². The zero-order chi connectivity index (χ0) is 15.4. The van der Waals surface area contributed by atoms with Gasteiger partial charge in [-0.2, -0.15) is 0 Å². The smallest absolute Gasteiger partial charge is 0.229 e. The summed E-state index contributed by atoms with van der Waals surface area (Å²) < 4.78 is 0. The third-order valence-electron chi connectivity index (χ3n) is 4.07. The van der Waals surface area contributed by atoms with E-state index < -0.39 is 0 Å². The first-order valence-electron chi connectivity index (χ1n) is 7.30. The third kappa shape index (κ3) is 3.82. The van der Waals surface area contributed by atoms with E-state index in [0.717, 1.165) is 24.3 Å². The summed E-state index contributed by atoms with van der Waals surface area (Å²) in [6.45, 7) is 5.71. The molecule has 1 aliphatic heterocycles. The number of nitrogens with one attached hydrogen (secondary N) is 2. The van der Waals surface area contributed by atoms with Gasteiger partial charge in [-0.25, -0.2) is 0 Å². The summed E-state index contributed by atoms with van der Waals surface area (Å²) in [5.41, 5.74) is 1.73. The van der Waals surface area contributed by atoms with Crippen LogP contribution in [0.15, 0.2) is 24.3 Å². The molecule has 2 N–H and O–H groups in total. The van der Waals surface area contributed by atoms with Crippen LogP contribution in [0.3, 0.4) is 0 Å². The number of carbonyl (C=O) groups excluding carboxylic acids is 2. The summed E-state index contributed by atoms with van der Waals surface area (Å²) in [5, 5.41) is 6.25. The Bertz CT molecular complexity index is 530. The summed E-state index contributed by atoms with van der Waals surface area (Å²) in [6, 6.07) is 7.63. The van der Waals surface area contributed by atoms with Crippen molar-refractivity contribution in [3.63, 3.8) is 0 Å². The molecule has 1 heterocycles. The summed E-state index contributed by atoms with van der Waals surface area (Å²) in [5.74, 6) is 0.399. The molecule has 0 aliphatic carbocycles. The lowest BCUT2D eigenvalue weighted by Crippen LogP contribution is -2.29. The second kappa shape index (κ2) is 6.72. The molecule has 5 nitrogen and oxygen atoms in total. The van der Waals surface area contributed by atoms with E-state index in [4.69, 9.17) is 0 Å². The number of para-hydroxylation sites is 1. The first-order chi connectivity index (χ1) is 9.99. The Morgan fingerprint density at radius 1 is 1.33 bits per heavy atom. The van der Waals surface area contributed by atoms with Crippen LogP contribution in [-0.4, -0.2) is 36.9 Å². The molecule has 2 unspecified atom stereocenters. The summed E-state index contributed by atoms with van der Waals surface area (Å²) in [4.78, 5) is 25.4. The van der Waals surface area contributed by atoms with E-state index in [9.17, 15) is 9.59 Å². The largest absolute Gasteiger partial charge is 0.342 e. The van der Waals surface area contributed by atoms with Gasteiger partial charge in [-0.15, -0.1) is 0 Å². The molecule has 1 aromatic carbocycles. The summed E-state index contributed by atoms with van der Waals surface area (Å²) in [7, 11) is 1.75. The fourth-order valence-electron chi connectivity index (χ4n) is 2.53. The van der Waals surface area contributed by atoms with Gasteiger partial charge in [0.25, 0.3) is 0 Å². The van der Waals surface area contributed by atoms with Crippen LogP contribution in [0.5, 0.6) is 0 Å². The van der Waals surface area contributed by atoms with Crippen LogP contribution < -0.4 is 10.6 Å². The molecule has 0 saturated carbocycles. The molecule has 21 heavy (non-hydrogen) atoms. The number of benzene rings is 1. The van der Waals surface area contributed by atoms with Gasteiger partial charge in [0.1, 0.15) is 0 Å². The lowest BCUT2D eigenvalue weighted by molar-refractivity contribution is -0.128. The monoisotopic (exact) mass is 289 g/mol. The highest BCUT2D eigenvalue weighted by Gasteiger charge is 2.29. The molecule has 2 amide bonds. The predicted molar refractivity (Wildman–Crippen MR) is 82.7 cm³/mol. The minimum absolute atomic E-state index is 0.00333. The van der Waals surface area contributed by atoms with Crippen LogP contribution in [0.1, 0.15) is 19.4 Å². The molecule has 5 heteroatoms. The third-order valence-corrected chi connectivity index (χ3v) is 4.07. The van der Waals surface area contributed by atoms with Crippen molar-refractivity contribution in [2.45, 2.75) is 20.4 Å². The van der Waals surface area contributed by atoms with Gasteiger partial charge >= 0.3 is 0 Å². The molecular formula is C16H23N3O2. The van der Waals surface area contributed by atoms with Gasteiger partial charge in [-0.3, -0.25) is 9.59 Å². The topological polar surface area (TPSA) is 61.4 Å². The van der Waals surface area contributed by atoms with Gasteiger partial charge in [0.05, 0.1) is 5.92 Å². The van der Waals surface area contributed by atoms with Crippen molar-refractivity contribution in [2.24, 2.45) is 11.8 Å². The molecule has 0 aromatic heterocycles. The minimum Gasteiger partial charge on any atom is -0.342 e. The van der Waals surface area contributed by atoms with E-state index in [-0.39, 0.29) is 17.7 Å². The maximum absolute atomic E-state index is 12.4. The van der Waals surface area contributed by atoms with Gasteiger partial charge < -0.3 is 15.5 Å². The number of carbonyl (C=O) groups is 2. The molecule has 114 valence electrons. The second-order valence-electron chi connectivity index (χ2n) is 5.76. The fraction of sp³-hybridized carbons (Fsp3) is 0.500. The number of hydrogen-bond donors (Lipinski definition) is 2. The van der Waals surface area contributed by atoms with Crippen LogP contribution >= 0.6 is 0 Å². The Balaban J connectivity index is 2.09. The molecule has 1 aromatic rings. The van der Waals surface area contributed by atoms with E-state index in [2.05, 4.69) is 17.6 Å². The standard InChI is InChI=1S/C16H23N3O2/c1-11-8-17-9-14(11)16(21)18-15-7-5-4-6-13(15)10-19(3)12(2)20/h4-7,11,14,17H,8-10H2,1-3H3,(H,18,21). The highest BCUT2D eigenvalue weighted by Crippen LogP contribution is 2.21. The molecule has 1 fully saturated rings. The van der Waals surface area contributed by atoms with Gasteiger partial charge in [-0.05, 0) is 24.1 Å². The molecule has 2 rings (SSSR count). The van der Waals surface area contributed by atoms with Crippen molar-refractivity contribution >= 4 is 17.5 Å². The van der Waals surface area contributed by atoms with Crippen molar-refractivity contribution in [3.05, 3.63) is 29.8 Å². The molecule has 1 aliphatic rings. The normalized spacial score (nSPS) is 21.1. The summed E-state index contributed by atoms with van der Waals surface area (Å²) in [6.07, 6.45) is 0. The van der Waals surface area contributed by atoms with Gasteiger partial charge in [0.15, 0.2) is 0 Å². The van der Waals surface area contributed by atoms with Crippen molar-refractivity contribution < 1.29 is 9.59 Å². The lowest BCUT2D eigenvalue weighted by Gasteiger charge is -2.19. The van der Waals surface area contributed by atoms with Gasteiger partial charge in [0.2, 0.25) is 11.8 Å². The Morgan fingerprint density at radius 2 is 2.05 bits per heavy atom. The molecular weight excluding hydrogens is 266 g/mol. The number of nitrogens with zero attached hydrogens (tertiary/aromatic N) is 1. The van der Waals surface area contributed by atoms with E-state index >= 15 is 0 Å². The lowest BCUT2D eigenvalue weighted by atomic mass is 9.97. The van der Waals surface area contributed by atoms with Crippen LogP contribution in [0.4, 0.5) is 5.69 Å². The van der Waals surface area contributed by atoms with Crippen molar-refractivity contribution in [1.29, 1.82) is 0 Å². The Morgan fingerprint density at radius 3 is 2.67 bits per heavy atom. The Hall–Kier alpha value is -1.88. The SMILES string of the molecule is CC(=O)N(C)Cc1ccccc1NC(=O)C1CNCC1C. The maximum atomic E-state index is 12.4. The molecule has 2 atom stereocenters. The van der Waals surface area contributed by atoms with Crippen LogP contribution in [0.25, 0.3) is 0 Å². The highest BCUT2D eigenvalue weighted by molar-refractivity contribution is 5.93. The number of anilines is 1. The zero-order valence-corrected chi connectivity index (χ0v) is 12.8. The number of hydrogen-bond acceptors (Lipinski definition) is 3. The predicted octanol–water partition coefficient (Wildman–Crippen LogP) is 1.46. The summed E-state index contributed by atoms with van der Waals surface area (Å²) >= 11 is 0. The molecule has 0 bridgehead atoms. The average molecular weight is 289 g/mol. The molecule has 0 spiro atoms. The average Bonchev–Trinajstić information content (AvgIpc) is 2.87. The van der Waals surface area contributed by atoms with Crippen LogP contribution in [0, 0.1) is 11.8 Å². The molecule has 0 radical (unpaired) electrons. The number of rotatable bonds is 4. The van der Waals surface area contributed by atoms with Gasteiger partial charge in [-0.1, -0.05) is 25.1 Å².